The predicted octanol–water partition coefficient (Wildman–Crippen LogP) is 3.42. The molecule has 1 aromatic rings. The van der Waals surface area contributed by atoms with Gasteiger partial charge in [0.25, 0.3) is 0 Å². The predicted molar refractivity (Wildman–Crippen MR) is 82.1 cm³/mol. The Morgan fingerprint density at radius 1 is 1.30 bits per heavy atom. The van der Waals surface area contributed by atoms with Crippen molar-refractivity contribution < 1.29 is 4.39 Å². The molecular formula is C17H27FN2. The molecule has 1 saturated heterocycles. The van der Waals surface area contributed by atoms with E-state index in [2.05, 4.69) is 37.9 Å². The molecule has 3 heteroatoms. The fraction of sp³-hybridized carbons (Fsp3) is 0.647. The van der Waals surface area contributed by atoms with Gasteiger partial charge in [-0.15, -0.1) is 0 Å². The van der Waals surface area contributed by atoms with E-state index < -0.39 is 0 Å². The monoisotopic (exact) mass is 278 g/mol. The highest BCUT2D eigenvalue weighted by Gasteiger charge is 2.33. The molecule has 1 unspecified atom stereocenters. The zero-order valence-corrected chi connectivity index (χ0v) is 13.1. The lowest BCUT2D eigenvalue weighted by Crippen LogP contribution is -2.61. The minimum absolute atomic E-state index is 0.141. The highest BCUT2D eigenvalue weighted by Crippen LogP contribution is 2.23. The van der Waals surface area contributed by atoms with Crippen molar-refractivity contribution in [3.63, 3.8) is 0 Å². The molecule has 1 N–H and O–H groups in total. The first kappa shape index (κ1) is 15.5. The summed E-state index contributed by atoms with van der Waals surface area (Å²) in [4.78, 5) is 2.52. The fourth-order valence-electron chi connectivity index (χ4n) is 2.90. The second kappa shape index (κ2) is 6.23. The number of hydrogen-bond acceptors (Lipinski definition) is 2. The first-order chi connectivity index (χ1) is 9.37. The fourth-order valence-corrected chi connectivity index (χ4v) is 2.90. The summed E-state index contributed by atoms with van der Waals surface area (Å²) in [6, 6.07) is 7.45. The van der Waals surface area contributed by atoms with Crippen LogP contribution in [0, 0.1) is 11.7 Å². The summed E-state index contributed by atoms with van der Waals surface area (Å²) in [6.07, 6.45) is 1.20. The van der Waals surface area contributed by atoms with Gasteiger partial charge < -0.3 is 5.32 Å². The molecule has 20 heavy (non-hydrogen) atoms. The average molecular weight is 278 g/mol. The molecule has 1 aliphatic rings. The Kier molecular flexibility index (Phi) is 4.82. The number of piperazine rings is 1. The van der Waals surface area contributed by atoms with Crippen LogP contribution in [0.5, 0.6) is 0 Å². The maximum absolute atomic E-state index is 13.0. The van der Waals surface area contributed by atoms with Gasteiger partial charge in [-0.3, -0.25) is 4.90 Å². The van der Waals surface area contributed by atoms with E-state index in [4.69, 9.17) is 0 Å². The molecule has 2 nitrogen and oxygen atoms in total. The van der Waals surface area contributed by atoms with Gasteiger partial charge in [0.2, 0.25) is 0 Å². The van der Waals surface area contributed by atoms with E-state index in [0.29, 0.717) is 12.0 Å². The number of rotatable bonds is 4. The third-order valence-corrected chi connectivity index (χ3v) is 4.16. The van der Waals surface area contributed by atoms with Crippen LogP contribution in [-0.2, 0) is 6.54 Å². The molecule has 1 aliphatic heterocycles. The van der Waals surface area contributed by atoms with E-state index in [1.165, 1.54) is 12.0 Å². The molecule has 0 aromatic heterocycles. The summed E-state index contributed by atoms with van der Waals surface area (Å²) in [6.45, 7) is 12.0. The van der Waals surface area contributed by atoms with E-state index in [0.717, 1.165) is 19.6 Å². The summed E-state index contributed by atoms with van der Waals surface area (Å²) < 4.78 is 13.0. The highest BCUT2D eigenvalue weighted by atomic mass is 19.1. The van der Waals surface area contributed by atoms with Gasteiger partial charge in [0.1, 0.15) is 5.82 Å². The molecule has 0 bridgehead atoms. The minimum atomic E-state index is -0.161. The van der Waals surface area contributed by atoms with E-state index in [1.807, 2.05) is 12.1 Å². The third-order valence-electron chi connectivity index (χ3n) is 4.16. The normalized spacial score (nSPS) is 23.2. The molecular weight excluding hydrogens is 251 g/mol. The third kappa shape index (κ3) is 4.03. The lowest BCUT2D eigenvalue weighted by molar-refractivity contribution is 0.0536. The van der Waals surface area contributed by atoms with Crippen LogP contribution in [0.2, 0.25) is 0 Å². The Hall–Kier alpha value is -0.930. The Labute approximate surface area is 122 Å². The van der Waals surface area contributed by atoms with Crippen molar-refractivity contribution in [1.29, 1.82) is 0 Å². The lowest BCUT2D eigenvalue weighted by Gasteiger charge is -2.46. The van der Waals surface area contributed by atoms with Crippen LogP contribution in [0.15, 0.2) is 24.3 Å². The van der Waals surface area contributed by atoms with E-state index in [-0.39, 0.29) is 11.4 Å². The van der Waals surface area contributed by atoms with Crippen LogP contribution < -0.4 is 5.32 Å². The molecule has 1 heterocycles. The molecule has 1 aromatic carbocycles. The van der Waals surface area contributed by atoms with Crippen molar-refractivity contribution in [2.45, 2.75) is 52.2 Å². The molecule has 0 saturated carbocycles. The largest absolute Gasteiger partial charge is 0.311 e. The minimum Gasteiger partial charge on any atom is -0.311 e. The Morgan fingerprint density at radius 3 is 2.55 bits per heavy atom. The van der Waals surface area contributed by atoms with Crippen LogP contribution in [0.4, 0.5) is 4.39 Å². The van der Waals surface area contributed by atoms with Gasteiger partial charge in [0.15, 0.2) is 0 Å². The zero-order chi connectivity index (χ0) is 14.8. The van der Waals surface area contributed by atoms with E-state index >= 15 is 0 Å². The molecule has 0 aliphatic carbocycles. The number of nitrogens with zero attached hydrogens (tertiary/aromatic N) is 1. The topological polar surface area (TPSA) is 15.3 Å². The molecule has 0 radical (unpaired) electrons. The first-order valence-corrected chi connectivity index (χ1v) is 7.60. The summed E-state index contributed by atoms with van der Waals surface area (Å²) in [5, 5.41) is 3.66. The van der Waals surface area contributed by atoms with Gasteiger partial charge in [0.05, 0.1) is 0 Å². The molecule has 0 amide bonds. The van der Waals surface area contributed by atoms with Crippen LogP contribution in [0.3, 0.4) is 0 Å². The standard InChI is InChI=1S/C17H27FN2/c1-13(2)9-16-11-20(17(3,4)12-19-16)10-14-5-7-15(18)8-6-14/h5-8,13,16,19H,9-12H2,1-4H3. The SMILES string of the molecule is CC(C)CC1CN(Cc2ccc(F)cc2)C(C)(C)CN1. The molecule has 1 atom stereocenters. The van der Waals surface area contributed by atoms with Gasteiger partial charge in [-0.1, -0.05) is 26.0 Å². The molecule has 1 fully saturated rings. The zero-order valence-electron chi connectivity index (χ0n) is 13.1. The van der Waals surface area contributed by atoms with Gasteiger partial charge in [-0.2, -0.15) is 0 Å². The smallest absolute Gasteiger partial charge is 0.123 e. The first-order valence-electron chi connectivity index (χ1n) is 7.60. The van der Waals surface area contributed by atoms with Crippen molar-refractivity contribution in [2.75, 3.05) is 13.1 Å². The summed E-state index contributed by atoms with van der Waals surface area (Å²) in [5.74, 6) is 0.549. The summed E-state index contributed by atoms with van der Waals surface area (Å²) in [5.41, 5.74) is 1.33. The van der Waals surface area contributed by atoms with Crippen LogP contribution >= 0.6 is 0 Å². The van der Waals surface area contributed by atoms with Crippen molar-refractivity contribution in [3.05, 3.63) is 35.6 Å². The Bertz CT molecular complexity index is 425. The number of nitrogens with one attached hydrogen (secondary N) is 1. The second-order valence-electron chi connectivity index (χ2n) is 7.03. The Balaban J connectivity index is 2.04. The van der Waals surface area contributed by atoms with Crippen LogP contribution in [-0.4, -0.2) is 29.6 Å². The van der Waals surface area contributed by atoms with E-state index in [9.17, 15) is 4.39 Å². The summed E-state index contributed by atoms with van der Waals surface area (Å²) in [7, 11) is 0. The molecule has 2 rings (SSSR count). The highest BCUT2D eigenvalue weighted by molar-refractivity contribution is 5.16. The lowest BCUT2D eigenvalue weighted by atomic mass is 9.93. The van der Waals surface area contributed by atoms with Crippen LogP contribution in [0.25, 0.3) is 0 Å². The van der Waals surface area contributed by atoms with Crippen molar-refractivity contribution in [2.24, 2.45) is 5.92 Å². The number of hydrogen-bond donors (Lipinski definition) is 1. The quantitative estimate of drug-likeness (QED) is 0.908. The van der Waals surface area contributed by atoms with E-state index in [1.54, 1.807) is 12.1 Å². The van der Waals surface area contributed by atoms with Crippen LogP contribution in [0.1, 0.15) is 39.7 Å². The molecule has 112 valence electrons. The molecule has 0 spiro atoms. The van der Waals surface area contributed by atoms with Crippen molar-refractivity contribution in [1.82, 2.24) is 10.2 Å². The van der Waals surface area contributed by atoms with Crippen molar-refractivity contribution in [3.8, 4) is 0 Å². The summed E-state index contributed by atoms with van der Waals surface area (Å²) >= 11 is 0. The second-order valence-corrected chi connectivity index (χ2v) is 7.03. The Morgan fingerprint density at radius 2 is 1.95 bits per heavy atom. The number of benzene rings is 1. The van der Waals surface area contributed by atoms with Crippen molar-refractivity contribution >= 4 is 0 Å². The van der Waals surface area contributed by atoms with Gasteiger partial charge in [0, 0.05) is 31.2 Å². The number of halogens is 1. The van der Waals surface area contributed by atoms with Gasteiger partial charge in [-0.05, 0) is 43.9 Å². The average Bonchev–Trinajstić information content (AvgIpc) is 2.36. The van der Waals surface area contributed by atoms with Gasteiger partial charge >= 0.3 is 0 Å². The maximum Gasteiger partial charge on any atom is 0.123 e. The van der Waals surface area contributed by atoms with Gasteiger partial charge in [-0.25, -0.2) is 4.39 Å². The maximum atomic E-state index is 13.0.